The summed E-state index contributed by atoms with van der Waals surface area (Å²) in [6.07, 6.45) is 6.92. The average Bonchev–Trinajstić information content (AvgIpc) is 2.87. The Morgan fingerprint density at radius 2 is 2.23 bits per heavy atom. The Kier molecular flexibility index (Phi) is 1.50. The molecule has 1 fully saturated rings. The van der Waals surface area contributed by atoms with Crippen LogP contribution in [-0.4, -0.2) is 15.6 Å². The molecule has 1 aliphatic heterocycles. The summed E-state index contributed by atoms with van der Waals surface area (Å²) in [5.41, 5.74) is 7.38. The second-order valence-electron chi connectivity index (χ2n) is 4.28. The van der Waals surface area contributed by atoms with E-state index in [1.165, 1.54) is 24.4 Å². The van der Waals surface area contributed by atoms with Crippen LogP contribution in [0.25, 0.3) is 0 Å². The summed E-state index contributed by atoms with van der Waals surface area (Å²) in [6, 6.07) is 0.346. The van der Waals surface area contributed by atoms with E-state index < -0.39 is 0 Å². The second-order valence-corrected chi connectivity index (χ2v) is 4.28. The van der Waals surface area contributed by atoms with E-state index in [1.807, 2.05) is 0 Å². The van der Waals surface area contributed by atoms with Crippen molar-refractivity contribution in [2.75, 3.05) is 0 Å². The molecule has 2 aliphatic rings. The van der Waals surface area contributed by atoms with Crippen LogP contribution < -0.4 is 5.73 Å². The van der Waals surface area contributed by atoms with Crippen molar-refractivity contribution >= 4 is 0 Å². The summed E-state index contributed by atoms with van der Waals surface area (Å²) >= 11 is 0. The molecule has 0 radical (unpaired) electrons. The highest BCUT2D eigenvalue weighted by Gasteiger charge is 2.30. The quantitative estimate of drug-likeness (QED) is 0.696. The maximum atomic E-state index is 5.95. The minimum absolute atomic E-state index is 0.346. The maximum absolute atomic E-state index is 5.95. The number of nitrogens with two attached hydrogens (primary N) is 1. The zero-order valence-corrected chi connectivity index (χ0v) is 7.74. The molecular weight excluding hydrogens is 162 g/mol. The second kappa shape index (κ2) is 2.58. The summed E-state index contributed by atoms with van der Waals surface area (Å²) < 4.78 is 2.35. The number of rotatable bonds is 1. The molecule has 1 aromatic heterocycles. The molecule has 1 saturated carbocycles. The molecule has 13 heavy (non-hydrogen) atoms. The van der Waals surface area contributed by atoms with Crippen LogP contribution in [0.5, 0.6) is 0 Å². The van der Waals surface area contributed by atoms with Crippen molar-refractivity contribution in [3.63, 3.8) is 0 Å². The Hall–Kier alpha value is -0.830. The molecule has 1 atom stereocenters. The highest BCUT2D eigenvalue weighted by molar-refractivity contribution is 5.17. The first kappa shape index (κ1) is 7.56. The lowest BCUT2D eigenvalue weighted by Crippen LogP contribution is -2.32. The number of aromatic nitrogens is 2. The molecule has 1 aliphatic carbocycles. The monoisotopic (exact) mass is 177 g/mol. The fraction of sp³-hybridized carbons (Fsp3) is 0.700. The van der Waals surface area contributed by atoms with Crippen LogP contribution in [0, 0.1) is 0 Å². The van der Waals surface area contributed by atoms with E-state index in [0.29, 0.717) is 6.04 Å². The molecule has 0 spiro atoms. The number of hydrogen-bond donors (Lipinski definition) is 1. The third-order valence-corrected chi connectivity index (χ3v) is 3.12. The standard InChI is InChI=1S/C10H15N3/c11-8-3-4-10-12-5-9(7-1-2-7)13(10)6-8/h5,7-8H,1-4,6,11H2. The number of nitrogens with zero attached hydrogens (tertiary/aromatic N) is 2. The third kappa shape index (κ3) is 1.18. The van der Waals surface area contributed by atoms with Gasteiger partial charge in [-0.2, -0.15) is 0 Å². The van der Waals surface area contributed by atoms with Gasteiger partial charge in [-0.3, -0.25) is 0 Å². The van der Waals surface area contributed by atoms with Crippen LogP contribution in [-0.2, 0) is 13.0 Å². The van der Waals surface area contributed by atoms with Crippen LogP contribution in [0.3, 0.4) is 0 Å². The molecule has 3 heteroatoms. The molecule has 0 aromatic carbocycles. The van der Waals surface area contributed by atoms with Gasteiger partial charge in [0.25, 0.3) is 0 Å². The predicted octanol–water partition coefficient (Wildman–Crippen LogP) is 1.03. The van der Waals surface area contributed by atoms with E-state index >= 15 is 0 Å². The summed E-state index contributed by atoms with van der Waals surface area (Å²) in [4.78, 5) is 4.46. The van der Waals surface area contributed by atoms with Crippen molar-refractivity contribution in [3.8, 4) is 0 Å². The van der Waals surface area contributed by atoms with Crippen molar-refractivity contribution in [2.45, 2.75) is 44.2 Å². The Labute approximate surface area is 78.0 Å². The summed E-state index contributed by atoms with van der Waals surface area (Å²) in [7, 11) is 0. The fourth-order valence-corrected chi connectivity index (χ4v) is 2.18. The van der Waals surface area contributed by atoms with Gasteiger partial charge < -0.3 is 10.3 Å². The van der Waals surface area contributed by atoms with Gasteiger partial charge in [-0.1, -0.05) is 0 Å². The van der Waals surface area contributed by atoms with Gasteiger partial charge in [-0.25, -0.2) is 4.98 Å². The van der Waals surface area contributed by atoms with E-state index in [0.717, 1.165) is 25.3 Å². The number of fused-ring (bicyclic) bond motifs is 1. The molecule has 3 rings (SSSR count). The Morgan fingerprint density at radius 1 is 1.38 bits per heavy atom. The van der Waals surface area contributed by atoms with Crippen LogP contribution in [0.2, 0.25) is 0 Å². The lowest BCUT2D eigenvalue weighted by Gasteiger charge is -2.21. The van der Waals surface area contributed by atoms with Crippen LogP contribution in [0.4, 0.5) is 0 Å². The average molecular weight is 177 g/mol. The molecular formula is C10H15N3. The summed E-state index contributed by atoms with van der Waals surface area (Å²) in [5, 5.41) is 0. The van der Waals surface area contributed by atoms with E-state index in [2.05, 4.69) is 15.7 Å². The Morgan fingerprint density at radius 3 is 3.00 bits per heavy atom. The van der Waals surface area contributed by atoms with Crippen LogP contribution in [0.15, 0.2) is 6.20 Å². The van der Waals surface area contributed by atoms with Crippen molar-refractivity contribution in [2.24, 2.45) is 5.73 Å². The SMILES string of the molecule is NC1CCc2ncc(C3CC3)n2C1. The predicted molar refractivity (Wildman–Crippen MR) is 50.5 cm³/mol. The van der Waals surface area contributed by atoms with Gasteiger partial charge >= 0.3 is 0 Å². The highest BCUT2D eigenvalue weighted by atomic mass is 15.1. The number of hydrogen-bond acceptors (Lipinski definition) is 2. The third-order valence-electron chi connectivity index (χ3n) is 3.12. The maximum Gasteiger partial charge on any atom is 0.108 e. The molecule has 2 N–H and O–H groups in total. The Bertz CT molecular complexity index is 325. The Balaban J connectivity index is 1.99. The molecule has 1 aromatic rings. The largest absolute Gasteiger partial charge is 0.330 e. The van der Waals surface area contributed by atoms with E-state index in [4.69, 9.17) is 5.73 Å². The van der Waals surface area contributed by atoms with Crippen molar-refractivity contribution < 1.29 is 0 Å². The van der Waals surface area contributed by atoms with Gasteiger partial charge in [-0.15, -0.1) is 0 Å². The highest BCUT2D eigenvalue weighted by Crippen LogP contribution is 2.40. The first-order valence-electron chi connectivity index (χ1n) is 5.14. The minimum Gasteiger partial charge on any atom is -0.330 e. The molecule has 0 saturated heterocycles. The van der Waals surface area contributed by atoms with E-state index in [9.17, 15) is 0 Å². The van der Waals surface area contributed by atoms with E-state index in [1.54, 1.807) is 0 Å². The fourth-order valence-electron chi connectivity index (χ4n) is 2.18. The van der Waals surface area contributed by atoms with Gasteiger partial charge in [0.1, 0.15) is 5.82 Å². The van der Waals surface area contributed by atoms with E-state index in [-0.39, 0.29) is 0 Å². The lowest BCUT2D eigenvalue weighted by atomic mass is 10.1. The molecule has 0 amide bonds. The van der Waals surface area contributed by atoms with Crippen LogP contribution >= 0.6 is 0 Å². The van der Waals surface area contributed by atoms with Crippen LogP contribution in [0.1, 0.15) is 36.7 Å². The normalized spacial score (nSPS) is 27.3. The zero-order chi connectivity index (χ0) is 8.84. The van der Waals surface area contributed by atoms with Gasteiger partial charge in [0.2, 0.25) is 0 Å². The first-order chi connectivity index (χ1) is 6.34. The summed E-state index contributed by atoms with van der Waals surface area (Å²) in [6.45, 7) is 0.987. The number of aryl methyl sites for hydroxylation is 1. The lowest BCUT2D eigenvalue weighted by molar-refractivity contribution is 0.444. The van der Waals surface area contributed by atoms with Crippen molar-refractivity contribution in [3.05, 3.63) is 17.7 Å². The number of imidazole rings is 1. The molecule has 1 unspecified atom stereocenters. The molecule has 3 nitrogen and oxygen atoms in total. The molecule has 2 heterocycles. The zero-order valence-electron chi connectivity index (χ0n) is 7.74. The van der Waals surface area contributed by atoms with Crippen molar-refractivity contribution in [1.29, 1.82) is 0 Å². The topological polar surface area (TPSA) is 43.8 Å². The van der Waals surface area contributed by atoms with Crippen molar-refractivity contribution in [1.82, 2.24) is 9.55 Å². The smallest absolute Gasteiger partial charge is 0.108 e. The molecule has 0 bridgehead atoms. The van der Waals surface area contributed by atoms with Gasteiger partial charge in [0.05, 0.1) is 0 Å². The minimum atomic E-state index is 0.346. The van der Waals surface area contributed by atoms with Gasteiger partial charge in [0.15, 0.2) is 0 Å². The molecule has 70 valence electrons. The van der Waals surface area contributed by atoms with Gasteiger partial charge in [0, 0.05) is 36.8 Å². The first-order valence-corrected chi connectivity index (χ1v) is 5.14. The summed E-state index contributed by atoms with van der Waals surface area (Å²) in [5.74, 6) is 2.05. The van der Waals surface area contributed by atoms with Gasteiger partial charge in [-0.05, 0) is 19.3 Å².